The van der Waals surface area contributed by atoms with Crippen LogP contribution in [0.15, 0.2) is 12.2 Å². The van der Waals surface area contributed by atoms with Crippen molar-refractivity contribution in [1.29, 1.82) is 0 Å². The summed E-state index contributed by atoms with van der Waals surface area (Å²) in [5.41, 5.74) is 0. The van der Waals surface area contributed by atoms with Gasteiger partial charge in [-0.15, -0.1) is 0 Å². The maximum Gasteiger partial charge on any atom is 0.472 e. The number of hydrogen-bond acceptors (Lipinski definition) is 12. The van der Waals surface area contributed by atoms with Crippen molar-refractivity contribution in [3.8, 4) is 0 Å². The summed E-state index contributed by atoms with van der Waals surface area (Å²) >= 11 is 0. The molecule has 0 aromatic rings. The van der Waals surface area contributed by atoms with Gasteiger partial charge in [0, 0.05) is 12.8 Å². The van der Waals surface area contributed by atoms with E-state index in [-0.39, 0.29) is 12.8 Å². The lowest BCUT2D eigenvalue weighted by Gasteiger charge is -2.41. The lowest BCUT2D eigenvalue weighted by atomic mass is 9.85. The average Bonchev–Trinajstić information content (AvgIpc) is 3.25. The predicted octanol–water partition coefficient (Wildman–Crippen LogP) is 10.2. The SMILES string of the molecule is CCCCCC/C=C/CCCCCCCCCCCC(=O)OC[C@@H](COP(=O)(O)OC1C(O)C(O)C(O)[C@H](O)C1O)OC(=O)CCCCCCCCCCCCCCCCCC. The van der Waals surface area contributed by atoms with Gasteiger partial charge in [0.2, 0.25) is 0 Å². The summed E-state index contributed by atoms with van der Waals surface area (Å²) in [7, 11) is -5.11. The number of carbonyl (C=O) groups excluding carboxylic acids is 2. The van der Waals surface area contributed by atoms with Crippen molar-refractivity contribution in [2.75, 3.05) is 13.2 Å². The van der Waals surface area contributed by atoms with Crippen LogP contribution in [0.3, 0.4) is 0 Å². The molecule has 0 heterocycles. The van der Waals surface area contributed by atoms with E-state index in [2.05, 4.69) is 26.0 Å². The fraction of sp³-hybridized carbons (Fsp3) is 0.917. The molecule has 1 aliphatic rings. The first-order chi connectivity index (χ1) is 29.9. The maximum absolute atomic E-state index is 12.8. The van der Waals surface area contributed by atoms with Gasteiger partial charge in [0.25, 0.3) is 0 Å². The van der Waals surface area contributed by atoms with E-state index in [1.807, 2.05) is 0 Å². The Morgan fingerprint density at radius 1 is 0.484 bits per heavy atom. The molecule has 0 aliphatic heterocycles. The molecule has 1 saturated carbocycles. The largest absolute Gasteiger partial charge is 0.472 e. The smallest absolute Gasteiger partial charge is 0.462 e. The van der Waals surface area contributed by atoms with Crippen LogP contribution in [-0.4, -0.2) is 98.3 Å². The first kappa shape index (κ1) is 58.6. The summed E-state index contributed by atoms with van der Waals surface area (Å²) in [6.07, 6.45) is 28.3. The van der Waals surface area contributed by atoms with Crippen molar-refractivity contribution in [2.45, 2.75) is 268 Å². The fourth-order valence-electron chi connectivity index (χ4n) is 7.81. The van der Waals surface area contributed by atoms with Gasteiger partial charge in [0.1, 0.15) is 43.2 Å². The first-order valence-electron chi connectivity index (χ1n) is 25.0. The van der Waals surface area contributed by atoms with E-state index >= 15 is 0 Å². The minimum atomic E-state index is -5.11. The van der Waals surface area contributed by atoms with E-state index in [9.17, 15) is 44.6 Å². The Bertz CT molecular complexity index is 1140. The zero-order chi connectivity index (χ0) is 45.7. The highest BCUT2D eigenvalue weighted by Gasteiger charge is 2.51. The highest BCUT2D eigenvalue weighted by Crippen LogP contribution is 2.47. The van der Waals surface area contributed by atoms with E-state index in [0.29, 0.717) is 12.8 Å². The highest BCUT2D eigenvalue weighted by molar-refractivity contribution is 7.47. The molecule has 0 bridgehead atoms. The van der Waals surface area contributed by atoms with Crippen molar-refractivity contribution in [3.05, 3.63) is 12.2 Å². The van der Waals surface area contributed by atoms with Crippen LogP contribution in [0.1, 0.15) is 226 Å². The molecule has 62 heavy (non-hydrogen) atoms. The third-order valence-corrected chi connectivity index (χ3v) is 12.8. The predicted molar refractivity (Wildman–Crippen MR) is 244 cm³/mol. The zero-order valence-corrected chi connectivity index (χ0v) is 39.8. The molecule has 0 aromatic carbocycles. The number of rotatable bonds is 42. The van der Waals surface area contributed by atoms with Crippen molar-refractivity contribution in [2.24, 2.45) is 0 Å². The summed E-state index contributed by atoms with van der Waals surface area (Å²) in [6, 6.07) is 0. The molecule has 0 spiro atoms. The van der Waals surface area contributed by atoms with Crippen LogP contribution in [0.4, 0.5) is 0 Å². The van der Waals surface area contributed by atoms with Gasteiger partial charge in [-0.2, -0.15) is 0 Å². The zero-order valence-electron chi connectivity index (χ0n) is 38.9. The lowest BCUT2D eigenvalue weighted by molar-refractivity contribution is -0.220. The third-order valence-electron chi connectivity index (χ3n) is 11.9. The summed E-state index contributed by atoms with van der Waals surface area (Å²) in [4.78, 5) is 35.8. The van der Waals surface area contributed by atoms with Gasteiger partial charge in [-0.25, -0.2) is 4.57 Å². The van der Waals surface area contributed by atoms with Crippen molar-refractivity contribution >= 4 is 19.8 Å². The number of phosphoric ester groups is 1. The lowest BCUT2D eigenvalue weighted by Crippen LogP contribution is -2.64. The Labute approximate surface area is 375 Å². The number of aliphatic hydroxyl groups is 5. The van der Waals surface area contributed by atoms with Crippen molar-refractivity contribution in [1.82, 2.24) is 0 Å². The Morgan fingerprint density at radius 3 is 1.24 bits per heavy atom. The van der Waals surface area contributed by atoms with E-state index in [0.717, 1.165) is 44.9 Å². The summed E-state index contributed by atoms with van der Waals surface area (Å²) < 4.78 is 33.6. The monoisotopic (exact) mass is 907 g/mol. The van der Waals surface area contributed by atoms with Crippen LogP contribution >= 0.6 is 7.82 Å². The minimum absolute atomic E-state index is 0.103. The molecule has 1 rings (SSSR count). The third kappa shape index (κ3) is 30.7. The number of unbranched alkanes of at least 4 members (excludes halogenated alkanes) is 28. The fourth-order valence-corrected chi connectivity index (χ4v) is 8.79. The van der Waals surface area contributed by atoms with E-state index in [1.54, 1.807) is 0 Å². The molecule has 6 N–H and O–H groups in total. The number of allylic oxidation sites excluding steroid dienone is 2. The number of esters is 2. The first-order valence-corrected chi connectivity index (χ1v) is 26.5. The standard InChI is InChI=1S/C48H91O13P/c1-3-5-7-9-11-13-15-17-19-21-23-24-26-28-30-32-34-36-41(49)58-38-40(39-59-62(56,57)61-48-46(54)44(52)43(51)45(53)47(48)55)60-42(50)37-35-33-31-29-27-25-22-20-18-16-14-12-10-8-6-4-2/h13,15,40,43-48,51-55H,3-12,14,16-39H2,1-2H3,(H,56,57)/b15-13+/t40-,43?,44-,45?,46?,47?,48?/m0/s1. The van der Waals surface area contributed by atoms with Crippen LogP contribution in [0.5, 0.6) is 0 Å². The Morgan fingerprint density at radius 2 is 0.823 bits per heavy atom. The average molecular weight is 907 g/mol. The van der Waals surface area contributed by atoms with Gasteiger partial charge in [-0.3, -0.25) is 18.6 Å². The van der Waals surface area contributed by atoms with E-state index < -0.39 is 75.7 Å². The van der Waals surface area contributed by atoms with Crippen LogP contribution in [0, 0.1) is 0 Å². The molecular formula is C48H91O13P. The van der Waals surface area contributed by atoms with Gasteiger partial charge in [-0.1, -0.05) is 187 Å². The molecular weight excluding hydrogens is 815 g/mol. The second-order valence-electron chi connectivity index (χ2n) is 17.7. The molecule has 0 aromatic heterocycles. The number of phosphoric acid groups is 1. The molecule has 366 valence electrons. The summed E-state index contributed by atoms with van der Waals surface area (Å²) in [5, 5.41) is 50.2. The minimum Gasteiger partial charge on any atom is -0.462 e. The molecule has 8 atom stereocenters. The topological polar surface area (TPSA) is 210 Å². The molecule has 13 nitrogen and oxygen atoms in total. The maximum atomic E-state index is 12.8. The van der Waals surface area contributed by atoms with E-state index in [4.69, 9.17) is 18.5 Å². The second-order valence-corrected chi connectivity index (χ2v) is 19.1. The quantitative estimate of drug-likeness (QED) is 0.0146. The van der Waals surface area contributed by atoms with Gasteiger partial charge < -0.3 is 39.9 Å². The summed E-state index contributed by atoms with van der Waals surface area (Å²) in [5.74, 6) is -1.09. The van der Waals surface area contributed by atoms with E-state index in [1.165, 1.54) is 141 Å². The second kappa shape index (κ2) is 38.8. The molecule has 1 fully saturated rings. The molecule has 0 saturated heterocycles. The Hall–Kier alpha value is -1.41. The van der Waals surface area contributed by atoms with Crippen LogP contribution < -0.4 is 0 Å². The highest BCUT2D eigenvalue weighted by atomic mass is 31.2. The number of ether oxygens (including phenoxy) is 2. The Balaban J connectivity index is 2.41. The van der Waals surface area contributed by atoms with Gasteiger partial charge in [0.15, 0.2) is 6.10 Å². The van der Waals surface area contributed by atoms with Gasteiger partial charge >= 0.3 is 19.8 Å². The summed E-state index contributed by atoms with van der Waals surface area (Å²) in [6.45, 7) is 3.32. The number of hydrogen-bond donors (Lipinski definition) is 6. The molecule has 0 amide bonds. The van der Waals surface area contributed by atoms with Gasteiger partial charge in [-0.05, 0) is 38.5 Å². The van der Waals surface area contributed by atoms with Gasteiger partial charge in [0.05, 0.1) is 6.61 Å². The molecule has 6 unspecified atom stereocenters. The van der Waals surface area contributed by atoms with Crippen molar-refractivity contribution < 1.29 is 63.1 Å². The number of aliphatic hydroxyl groups excluding tert-OH is 5. The van der Waals surface area contributed by atoms with Crippen LogP contribution in [-0.2, 0) is 32.7 Å². The van der Waals surface area contributed by atoms with Crippen molar-refractivity contribution in [3.63, 3.8) is 0 Å². The number of carbonyl (C=O) groups is 2. The molecule has 0 radical (unpaired) electrons. The Kier molecular flexibility index (Phi) is 36.7. The van der Waals surface area contributed by atoms with Crippen LogP contribution in [0.25, 0.3) is 0 Å². The normalized spacial score (nSPS) is 21.9. The van der Waals surface area contributed by atoms with Crippen LogP contribution in [0.2, 0.25) is 0 Å². The molecule has 14 heteroatoms. The molecule has 1 aliphatic carbocycles.